The Balaban J connectivity index is 0. The second kappa shape index (κ2) is 22.6. The molecule has 0 saturated carbocycles. The van der Waals surface area contributed by atoms with Crippen molar-refractivity contribution in [3.05, 3.63) is 0 Å². The molecule has 0 aliphatic rings. The molecule has 0 N–H and O–H groups in total. The molecule has 0 aromatic rings. The van der Waals surface area contributed by atoms with Crippen LogP contribution in [0.5, 0.6) is 0 Å². The minimum atomic E-state index is -0.290. The molecule has 0 atom stereocenters. The normalized spacial score (nSPS) is 10.8. The van der Waals surface area contributed by atoms with Gasteiger partial charge in [0, 0.05) is 29.6 Å². The third kappa shape index (κ3) is 25.9. The summed E-state index contributed by atoms with van der Waals surface area (Å²) in [7, 11) is 0. The van der Waals surface area contributed by atoms with Gasteiger partial charge >= 0.3 is 11.9 Å². The summed E-state index contributed by atoms with van der Waals surface area (Å²) in [6.45, 7) is 9.95. The number of carbonyl (C=O) groups excluding carboxylic acids is 2. The van der Waals surface area contributed by atoms with Crippen LogP contribution < -0.4 is 0 Å². The maximum Gasteiger partial charge on any atom is 0.306 e. The largest absolute Gasteiger partial charge is 0.466 e. The van der Waals surface area contributed by atoms with Crippen molar-refractivity contribution in [3.63, 3.8) is 0 Å². The summed E-state index contributed by atoms with van der Waals surface area (Å²) in [6, 6.07) is 0. The van der Waals surface area contributed by atoms with E-state index in [0.717, 1.165) is 37.5 Å². The van der Waals surface area contributed by atoms with Gasteiger partial charge in [-0.15, -0.1) is 0 Å². The minimum Gasteiger partial charge on any atom is -0.466 e. The molecule has 0 aliphatic carbocycles. The molecular weight excluding hydrogens is 375 g/mol. The van der Waals surface area contributed by atoms with E-state index in [1.807, 2.05) is 0 Å². The Morgan fingerprint density at radius 1 is 0.552 bits per heavy atom. The van der Waals surface area contributed by atoms with Gasteiger partial charge in [-0.1, -0.05) is 91.9 Å². The molecule has 0 spiro atoms. The van der Waals surface area contributed by atoms with Crippen molar-refractivity contribution >= 4 is 41.5 Å². The van der Waals surface area contributed by atoms with Gasteiger partial charge in [0.15, 0.2) is 0 Å². The predicted octanol–water partition coefficient (Wildman–Crippen LogP) is 6.47. The number of unbranched alkanes of at least 4 members (excludes halogenated alkanes) is 8. The minimum absolute atomic E-state index is 0. The van der Waals surface area contributed by atoms with Crippen LogP contribution in [0.3, 0.4) is 0 Å². The second-order valence-corrected chi connectivity index (χ2v) is 8.84. The van der Waals surface area contributed by atoms with Crippen molar-refractivity contribution in [3.8, 4) is 0 Å². The summed E-state index contributed by atoms with van der Waals surface area (Å²) < 4.78 is 10.4. The van der Waals surface area contributed by atoms with Gasteiger partial charge in [0.25, 0.3) is 0 Å². The molecule has 0 saturated heterocycles. The fraction of sp³-hybridized carbons (Fsp3) is 0.917. The zero-order chi connectivity index (χ0) is 21.0. The van der Waals surface area contributed by atoms with E-state index in [0.29, 0.717) is 13.2 Å². The van der Waals surface area contributed by atoms with Crippen LogP contribution in [0, 0.1) is 11.8 Å². The summed E-state index contributed by atoms with van der Waals surface area (Å²) >= 11 is 0. The Morgan fingerprint density at radius 2 is 0.862 bits per heavy atom. The van der Waals surface area contributed by atoms with E-state index in [2.05, 4.69) is 27.7 Å². The van der Waals surface area contributed by atoms with Gasteiger partial charge in [0.1, 0.15) is 0 Å². The van der Waals surface area contributed by atoms with Gasteiger partial charge in [0.05, 0.1) is 26.1 Å². The molecule has 0 aromatic carbocycles. The smallest absolute Gasteiger partial charge is 0.306 e. The first-order valence-corrected chi connectivity index (χ1v) is 11.7. The summed E-state index contributed by atoms with van der Waals surface area (Å²) in [5, 5.41) is 0. The first kappa shape index (κ1) is 31.1. The molecule has 29 heavy (non-hydrogen) atoms. The number of carbonyl (C=O) groups is 2. The number of rotatable bonds is 19. The molecule has 0 amide bonds. The van der Waals surface area contributed by atoms with E-state index < -0.39 is 0 Å². The van der Waals surface area contributed by atoms with E-state index >= 15 is 0 Å². The molecule has 0 rings (SSSR count). The molecule has 0 aliphatic heterocycles. The average Bonchev–Trinajstić information content (AvgIpc) is 2.63. The van der Waals surface area contributed by atoms with Crippen LogP contribution in [0.15, 0.2) is 0 Å². The van der Waals surface area contributed by atoms with Gasteiger partial charge in [0.2, 0.25) is 0 Å². The van der Waals surface area contributed by atoms with Gasteiger partial charge < -0.3 is 9.47 Å². The summed E-state index contributed by atoms with van der Waals surface area (Å²) in [6.07, 6.45) is 14.4. The van der Waals surface area contributed by atoms with Crippen molar-refractivity contribution in [2.24, 2.45) is 11.8 Å². The van der Waals surface area contributed by atoms with Crippen LogP contribution in [-0.2, 0) is 19.1 Å². The molecule has 1 radical (unpaired) electrons. The average molecular weight is 422 g/mol. The molecule has 0 aromatic heterocycles. The Bertz CT molecular complexity index is 347. The quantitative estimate of drug-likeness (QED) is 0.136. The molecule has 4 nitrogen and oxygen atoms in total. The third-order valence-electron chi connectivity index (χ3n) is 4.91. The van der Waals surface area contributed by atoms with Crippen LogP contribution >= 0.6 is 0 Å². The Kier molecular flexibility index (Phi) is 24.3. The zero-order valence-electron chi connectivity index (χ0n) is 20.1. The van der Waals surface area contributed by atoms with E-state index in [-0.39, 0.29) is 54.3 Å². The number of hydrogen-bond donors (Lipinski definition) is 0. The van der Waals surface area contributed by atoms with Crippen LogP contribution in [0.25, 0.3) is 0 Å². The molecule has 5 heteroatoms. The molecule has 0 fully saturated rings. The number of esters is 2. The van der Waals surface area contributed by atoms with Crippen molar-refractivity contribution < 1.29 is 19.1 Å². The van der Waals surface area contributed by atoms with Crippen molar-refractivity contribution in [1.82, 2.24) is 0 Å². The van der Waals surface area contributed by atoms with E-state index in [1.54, 1.807) is 0 Å². The maximum absolute atomic E-state index is 11.7. The molecular formula is C24H46NaO4. The second-order valence-electron chi connectivity index (χ2n) is 8.84. The first-order valence-electron chi connectivity index (χ1n) is 11.7. The van der Waals surface area contributed by atoms with Crippen LogP contribution in [0.4, 0.5) is 0 Å². The van der Waals surface area contributed by atoms with Gasteiger partial charge in [-0.25, -0.2) is 0 Å². The SMILES string of the molecule is CC(C)CCCCCCCOC(=O)CCC(=O)OCCCCCCCC(C)C.[Na]. The molecule has 0 bridgehead atoms. The summed E-state index contributed by atoms with van der Waals surface area (Å²) in [5.74, 6) is 0.989. The van der Waals surface area contributed by atoms with Gasteiger partial charge in [-0.05, 0) is 24.7 Å². The molecule has 167 valence electrons. The Hall–Kier alpha value is -0.0600. The van der Waals surface area contributed by atoms with E-state index in [9.17, 15) is 9.59 Å². The van der Waals surface area contributed by atoms with Crippen LogP contribution in [0.2, 0.25) is 0 Å². The van der Waals surface area contributed by atoms with Crippen molar-refractivity contribution in [1.29, 1.82) is 0 Å². The number of hydrogen-bond acceptors (Lipinski definition) is 4. The zero-order valence-corrected chi connectivity index (χ0v) is 22.1. The summed E-state index contributed by atoms with van der Waals surface area (Å²) in [4.78, 5) is 23.3. The topological polar surface area (TPSA) is 52.6 Å². The predicted molar refractivity (Wildman–Crippen MR) is 122 cm³/mol. The molecule has 0 unspecified atom stereocenters. The van der Waals surface area contributed by atoms with Gasteiger partial charge in [-0.3, -0.25) is 9.59 Å². The first-order chi connectivity index (χ1) is 13.4. The van der Waals surface area contributed by atoms with Crippen molar-refractivity contribution in [2.75, 3.05) is 13.2 Å². The van der Waals surface area contributed by atoms with E-state index in [1.165, 1.54) is 51.4 Å². The Morgan fingerprint density at radius 3 is 1.21 bits per heavy atom. The maximum atomic E-state index is 11.7. The van der Waals surface area contributed by atoms with E-state index in [4.69, 9.17) is 9.47 Å². The third-order valence-corrected chi connectivity index (χ3v) is 4.91. The molecule has 0 heterocycles. The fourth-order valence-electron chi connectivity index (χ4n) is 3.09. The van der Waals surface area contributed by atoms with Crippen molar-refractivity contribution in [2.45, 2.75) is 118 Å². The summed E-state index contributed by atoms with van der Waals surface area (Å²) in [5.41, 5.74) is 0. The van der Waals surface area contributed by atoms with Gasteiger partial charge in [-0.2, -0.15) is 0 Å². The Labute approximate surface area is 202 Å². The van der Waals surface area contributed by atoms with Crippen LogP contribution in [-0.4, -0.2) is 54.7 Å². The fourth-order valence-corrected chi connectivity index (χ4v) is 3.09. The number of ether oxygens (including phenoxy) is 2. The van der Waals surface area contributed by atoms with Crippen LogP contribution in [0.1, 0.15) is 118 Å². The standard InChI is InChI=1S/C24H46O4.Na/c1-21(2)15-11-7-5-9-13-19-27-23(25)17-18-24(26)28-20-14-10-6-8-12-16-22(3)4;/h21-22H,5-20H2,1-4H3;. The monoisotopic (exact) mass is 421 g/mol.